The number of esters is 2. The van der Waals surface area contributed by atoms with E-state index >= 15 is 0 Å². The highest BCUT2D eigenvalue weighted by molar-refractivity contribution is 9.10. The van der Waals surface area contributed by atoms with Gasteiger partial charge in [-0.1, -0.05) is 72.2 Å². The van der Waals surface area contributed by atoms with E-state index < -0.39 is 30.2 Å². The lowest BCUT2D eigenvalue weighted by atomic mass is 9.78. The van der Waals surface area contributed by atoms with Crippen LogP contribution in [0, 0.1) is 5.92 Å². The van der Waals surface area contributed by atoms with Crippen LogP contribution in [0.5, 0.6) is 17.2 Å². The van der Waals surface area contributed by atoms with Crippen molar-refractivity contribution in [3.8, 4) is 17.2 Å². The molecular formula is C41H34BrNO7. The van der Waals surface area contributed by atoms with E-state index in [1.54, 1.807) is 48.5 Å². The zero-order valence-electron chi connectivity index (χ0n) is 27.5. The smallest absolute Gasteiger partial charge is 0.343 e. The molecule has 50 heavy (non-hydrogen) atoms. The number of ketones is 1. The Hall–Kier alpha value is -5.54. The van der Waals surface area contributed by atoms with Gasteiger partial charge in [-0.05, 0) is 96.1 Å². The summed E-state index contributed by atoms with van der Waals surface area (Å²) in [4.78, 5) is 52.2. The number of benzene rings is 5. The maximum absolute atomic E-state index is 12.8. The van der Waals surface area contributed by atoms with E-state index in [0.717, 1.165) is 4.47 Å². The molecule has 0 spiro atoms. The Kier molecular flexibility index (Phi) is 10.2. The first kappa shape index (κ1) is 34.3. The molecule has 1 aliphatic heterocycles. The van der Waals surface area contributed by atoms with Gasteiger partial charge in [0.15, 0.2) is 12.4 Å². The molecule has 5 aromatic carbocycles. The van der Waals surface area contributed by atoms with Crippen molar-refractivity contribution in [2.75, 3.05) is 18.1 Å². The molecule has 1 aliphatic rings. The molecule has 0 saturated carbocycles. The highest BCUT2D eigenvalue weighted by Crippen LogP contribution is 2.34. The van der Waals surface area contributed by atoms with Crippen LogP contribution in [0.15, 0.2) is 132 Å². The second kappa shape index (κ2) is 14.9. The Labute approximate surface area is 298 Å². The van der Waals surface area contributed by atoms with Crippen LogP contribution in [0.3, 0.4) is 0 Å². The maximum atomic E-state index is 12.8. The van der Waals surface area contributed by atoms with Crippen molar-refractivity contribution in [2.24, 2.45) is 5.92 Å². The first-order valence-corrected chi connectivity index (χ1v) is 16.9. The van der Waals surface area contributed by atoms with Gasteiger partial charge in [0.05, 0.1) is 11.5 Å². The minimum absolute atomic E-state index is 0.0185. The molecule has 0 aromatic heterocycles. The van der Waals surface area contributed by atoms with E-state index in [4.69, 9.17) is 14.2 Å². The topological polar surface area (TPSA) is 99.2 Å². The van der Waals surface area contributed by atoms with Crippen LogP contribution in [0.25, 0.3) is 0 Å². The number of carbonyl (C=O) groups is 4. The molecule has 6 rings (SSSR count). The van der Waals surface area contributed by atoms with Crippen LogP contribution >= 0.6 is 15.9 Å². The number of nitrogens with zero attached hydrogens (tertiary/aromatic N) is 1. The maximum Gasteiger partial charge on any atom is 0.343 e. The second-order valence-electron chi connectivity index (χ2n) is 12.5. The number of Topliss-reactive ketones (excluding diaryl/α,β-unsaturated/α-hetero) is 1. The molecule has 0 aliphatic carbocycles. The number of amides is 1. The number of hydrogen-bond donors (Lipinski definition) is 0. The lowest BCUT2D eigenvalue weighted by Gasteiger charge is -2.26. The predicted molar refractivity (Wildman–Crippen MR) is 193 cm³/mol. The fourth-order valence-electron chi connectivity index (χ4n) is 5.71. The fourth-order valence-corrected chi connectivity index (χ4v) is 5.97. The van der Waals surface area contributed by atoms with Crippen LogP contribution in [-0.2, 0) is 19.7 Å². The first-order chi connectivity index (χ1) is 24.1. The Balaban J connectivity index is 0.981. The summed E-state index contributed by atoms with van der Waals surface area (Å²) in [6.45, 7) is 4.05. The molecule has 1 heterocycles. The van der Waals surface area contributed by atoms with Crippen LogP contribution in [0.2, 0.25) is 0 Å². The van der Waals surface area contributed by atoms with Crippen molar-refractivity contribution in [1.29, 1.82) is 0 Å². The molecule has 1 saturated heterocycles. The Morgan fingerprint density at radius 2 is 1.28 bits per heavy atom. The van der Waals surface area contributed by atoms with Gasteiger partial charge < -0.3 is 19.1 Å². The fraction of sp³-hybridized carbons (Fsp3) is 0.171. The standard InChI is InChI=1S/C41H34BrNO7/c1-41(2,30-6-4-3-5-7-30)31-12-20-34(21-13-31)49-35-22-16-33(17-23-35)43-25-29(24-38(43)45)39(46)48-26-37(44)27-10-18-36(19-11-27)50-40(47)28-8-14-32(42)15-9-28/h3-23,29H,24-26H2,1-2H3/t29-/m0/s1. The zero-order chi connectivity index (χ0) is 35.3. The normalized spacial score (nSPS) is 14.3. The number of anilines is 1. The van der Waals surface area contributed by atoms with Crippen molar-refractivity contribution < 1.29 is 33.4 Å². The molecule has 0 radical (unpaired) electrons. The third kappa shape index (κ3) is 8.01. The SMILES string of the molecule is CC(C)(c1ccccc1)c1ccc(Oc2ccc(N3C[C@@H](C(=O)OCC(=O)c4ccc(OC(=O)c5ccc(Br)cc5)cc4)CC3=O)cc2)cc1. The first-order valence-electron chi connectivity index (χ1n) is 16.1. The molecule has 8 nitrogen and oxygen atoms in total. The number of carbonyl (C=O) groups excluding carboxylic acids is 4. The van der Waals surface area contributed by atoms with Crippen molar-refractivity contribution >= 4 is 45.2 Å². The molecule has 0 N–H and O–H groups in total. The molecule has 1 amide bonds. The number of hydrogen-bond acceptors (Lipinski definition) is 7. The summed E-state index contributed by atoms with van der Waals surface area (Å²) < 4.78 is 17.6. The van der Waals surface area contributed by atoms with Gasteiger partial charge in [0.25, 0.3) is 0 Å². The Morgan fingerprint density at radius 3 is 1.92 bits per heavy atom. The number of rotatable bonds is 11. The number of halogens is 1. The van der Waals surface area contributed by atoms with E-state index in [1.807, 2.05) is 30.3 Å². The van der Waals surface area contributed by atoms with Gasteiger partial charge in [-0.15, -0.1) is 0 Å². The van der Waals surface area contributed by atoms with Crippen LogP contribution in [0.4, 0.5) is 5.69 Å². The highest BCUT2D eigenvalue weighted by Gasteiger charge is 2.36. The summed E-state index contributed by atoms with van der Waals surface area (Å²) in [5.74, 6) is -0.907. The summed E-state index contributed by atoms with van der Waals surface area (Å²) >= 11 is 3.32. The van der Waals surface area contributed by atoms with Gasteiger partial charge in [0, 0.05) is 34.1 Å². The quantitative estimate of drug-likeness (QED) is 0.0763. The minimum Gasteiger partial charge on any atom is -0.457 e. The highest BCUT2D eigenvalue weighted by atomic mass is 79.9. The van der Waals surface area contributed by atoms with E-state index in [9.17, 15) is 19.2 Å². The van der Waals surface area contributed by atoms with Crippen LogP contribution in [0.1, 0.15) is 52.1 Å². The van der Waals surface area contributed by atoms with Gasteiger partial charge in [0.1, 0.15) is 17.2 Å². The molecule has 0 bridgehead atoms. The molecule has 0 unspecified atom stereocenters. The summed E-state index contributed by atoms with van der Waals surface area (Å²) in [6.07, 6.45) is -0.0185. The summed E-state index contributed by atoms with van der Waals surface area (Å²) in [7, 11) is 0. The van der Waals surface area contributed by atoms with Gasteiger partial charge in [-0.25, -0.2) is 4.79 Å². The molecule has 5 aromatic rings. The lowest BCUT2D eigenvalue weighted by Crippen LogP contribution is -2.27. The van der Waals surface area contributed by atoms with Crippen LogP contribution in [-0.4, -0.2) is 36.8 Å². The van der Waals surface area contributed by atoms with Crippen molar-refractivity contribution in [2.45, 2.75) is 25.7 Å². The molecule has 252 valence electrons. The average molecular weight is 733 g/mol. The summed E-state index contributed by atoms with van der Waals surface area (Å²) in [5.41, 5.74) is 3.55. The largest absolute Gasteiger partial charge is 0.457 e. The minimum atomic E-state index is -0.703. The predicted octanol–water partition coefficient (Wildman–Crippen LogP) is 8.57. The summed E-state index contributed by atoms with van der Waals surface area (Å²) in [5, 5.41) is 0. The molecule has 1 atom stereocenters. The van der Waals surface area contributed by atoms with Crippen molar-refractivity contribution in [3.05, 3.63) is 154 Å². The van der Waals surface area contributed by atoms with Gasteiger partial charge in [-0.3, -0.25) is 14.4 Å². The third-order valence-electron chi connectivity index (χ3n) is 8.73. The molecule has 9 heteroatoms. The second-order valence-corrected chi connectivity index (χ2v) is 13.4. The third-order valence-corrected chi connectivity index (χ3v) is 9.25. The van der Waals surface area contributed by atoms with Crippen LogP contribution < -0.4 is 14.4 Å². The average Bonchev–Trinajstić information content (AvgIpc) is 3.53. The van der Waals surface area contributed by atoms with Crippen molar-refractivity contribution in [3.63, 3.8) is 0 Å². The van der Waals surface area contributed by atoms with Gasteiger partial charge in [0.2, 0.25) is 5.91 Å². The van der Waals surface area contributed by atoms with E-state index in [2.05, 4.69) is 54.0 Å². The Bertz CT molecular complexity index is 1990. The van der Waals surface area contributed by atoms with E-state index in [1.165, 1.54) is 40.3 Å². The summed E-state index contributed by atoms with van der Waals surface area (Å²) in [6, 6.07) is 38.2. The monoisotopic (exact) mass is 731 g/mol. The zero-order valence-corrected chi connectivity index (χ0v) is 29.1. The van der Waals surface area contributed by atoms with E-state index in [-0.39, 0.29) is 30.0 Å². The van der Waals surface area contributed by atoms with E-state index in [0.29, 0.717) is 28.3 Å². The van der Waals surface area contributed by atoms with Gasteiger partial charge in [-0.2, -0.15) is 0 Å². The molecule has 1 fully saturated rings. The lowest BCUT2D eigenvalue weighted by molar-refractivity contribution is -0.147. The number of ether oxygens (including phenoxy) is 3. The Morgan fingerprint density at radius 1 is 0.720 bits per heavy atom. The van der Waals surface area contributed by atoms with Crippen molar-refractivity contribution in [1.82, 2.24) is 0 Å². The van der Waals surface area contributed by atoms with Gasteiger partial charge >= 0.3 is 11.9 Å². The molecular weight excluding hydrogens is 698 g/mol.